The molecule has 1 aliphatic rings. The molecule has 0 fully saturated rings. The van der Waals surface area contributed by atoms with Gasteiger partial charge in [0.15, 0.2) is 16.7 Å². The lowest BCUT2D eigenvalue weighted by Gasteiger charge is -2.24. The fraction of sp³-hybridized carbons (Fsp3) is 0.125. The van der Waals surface area contributed by atoms with E-state index in [-0.39, 0.29) is 11.3 Å². The molecule has 160 valence electrons. The van der Waals surface area contributed by atoms with Gasteiger partial charge >= 0.3 is 0 Å². The number of benzene rings is 2. The normalized spacial score (nSPS) is 16.4. The smallest absolute Gasteiger partial charge is 0.296 e. The Labute approximate surface area is 195 Å². The predicted molar refractivity (Wildman–Crippen MR) is 126 cm³/mol. The van der Waals surface area contributed by atoms with Gasteiger partial charge in [-0.3, -0.25) is 14.5 Å². The van der Waals surface area contributed by atoms with Crippen LogP contribution in [0.3, 0.4) is 0 Å². The van der Waals surface area contributed by atoms with E-state index in [2.05, 4.69) is 20.9 Å². The number of thiazole rings is 1. The number of carbonyl (C=O) groups excluding carboxylic acids is 2. The van der Waals surface area contributed by atoms with Gasteiger partial charge in [0.1, 0.15) is 5.76 Å². The Bertz CT molecular complexity index is 1420. The van der Waals surface area contributed by atoms with Crippen molar-refractivity contribution in [1.29, 1.82) is 0 Å². The average Bonchev–Trinajstić information content (AvgIpc) is 3.44. The van der Waals surface area contributed by atoms with Crippen molar-refractivity contribution in [2.75, 3.05) is 4.90 Å². The first kappa shape index (κ1) is 20.7. The number of amides is 1. The van der Waals surface area contributed by atoms with E-state index in [1.807, 2.05) is 49.4 Å². The SMILES string of the molecule is Cc1ccc2nc(N3C(=O)C(O)=C(C(=O)c4ccc(C)o4)C3c3ccc(Br)cc3)sc2c1. The number of furan rings is 1. The molecule has 0 radical (unpaired) electrons. The van der Waals surface area contributed by atoms with Gasteiger partial charge in [-0.15, -0.1) is 0 Å². The number of aromatic nitrogens is 1. The van der Waals surface area contributed by atoms with E-state index in [1.165, 1.54) is 16.2 Å². The minimum atomic E-state index is -0.838. The number of ketones is 1. The molecule has 1 atom stereocenters. The van der Waals surface area contributed by atoms with E-state index in [0.29, 0.717) is 16.5 Å². The Kier molecular flexibility index (Phi) is 4.98. The Morgan fingerprint density at radius 1 is 1.12 bits per heavy atom. The van der Waals surface area contributed by atoms with Crippen LogP contribution < -0.4 is 4.90 Å². The lowest BCUT2D eigenvalue weighted by Crippen LogP contribution is -2.30. The van der Waals surface area contributed by atoms with Crippen LogP contribution in [0.25, 0.3) is 10.2 Å². The van der Waals surface area contributed by atoms with Crippen LogP contribution in [0.1, 0.15) is 33.5 Å². The van der Waals surface area contributed by atoms with Gasteiger partial charge in [0.25, 0.3) is 5.91 Å². The maximum absolute atomic E-state index is 13.3. The summed E-state index contributed by atoms with van der Waals surface area (Å²) in [6, 6.07) is 15.5. The standard InChI is InChI=1S/C24H17BrN2O4S/c1-12-3-9-16-18(11-12)32-24(26-16)27-20(14-5-7-15(25)8-6-14)19(22(29)23(27)30)21(28)17-10-4-13(2)31-17/h3-11,20,29H,1-2H3. The Hall–Kier alpha value is -3.23. The molecule has 5 rings (SSSR count). The van der Waals surface area contributed by atoms with Crippen molar-refractivity contribution >= 4 is 54.3 Å². The summed E-state index contributed by atoms with van der Waals surface area (Å²) < 4.78 is 7.28. The summed E-state index contributed by atoms with van der Waals surface area (Å²) in [5, 5.41) is 11.2. The lowest BCUT2D eigenvalue weighted by molar-refractivity contribution is -0.117. The number of aliphatic hydroxyl groups excluding tert-OH is 1. The monoisotopic (exact) mass is 508 g/mol. The molecule has 1 N–H and O–H groups in total. The van der Waals surface area contributed by atoms with Crippen molar-refractivity contribution in [3.63, 3.8) is 0 Å². The first-order valence-electron chi connectivity index (χ1n) is 9.84. The molecule has 0 saturated carbocycles. The topological polar surface area (TPSA) is 83.6 Å². The van der Waals surface area contributed by atoms with E-state index in [0.717, 1.165) is 20.3 Å². The summed E-state index contributed by atoms with van der Waals surface area (Å²) >= 11 is 4.76. The zero-order chi connectivity index (χ0) is 22.6. The Balaban J connectivity index is 1.68. The number of aliphatic hydroxyl groups is 1. The molecule has 8 heteroatoms. The molecule has 2 aromatic carbocycles. The molecule has 4 aromatic rings. The Morgan fingerprint density at radius 2 is 1.88 bits per heavy atom. The number of hydrogen-bond acceptors (Lipinski definition) is 6. The van der Waals surface area contributed by atoms with Crippen LogP contribution in [0, 0.1) is 13.8 Å². The number of rotatable bonds is 4. The summed E-state index contributed by atoms with van der Waals surface area (Å²) in [5.41, 5.74) is 2.48. The second kappa shape index (κ2) is 7.72. The second-order valence-electron chi connectivity index (χ2n) is 7.60. The maximum atomic E-state index is 13.3. The molecule has 1 aliphatic heterocycles. The van der Waals surface area contributed by atoms with Gasteiger partial charge in [0.05, 0.1) is 21.8 Å². The van der Waals surface area contributed by atoms with Crippen molar-refractivity contribution in [1.82, 2.24) is 4.98 Å². The minimum Gasteiger partial charge on any atom is -0.503 e. The third-order valence-electron chi connectivity index (χ3n) is 5.34. The largest absolute Gasteiger partial charge is 0.503 e. The van der Waals surface area contributed by atoms with E-state index >= 15 is 0 Å². The average molecular weight is 509 g/mol. The number of carbonyl (C=O) groups is 2. The highest BCUT2D eigenvalue weighted by Crippen LogP contribution is 2.44. The number of Topliss-reactive ketones (excluding diaryl/α,β-unsaturated/α-hetero) is 1. The van der Waals surface area contributed by atoms with Crippen molar-refractivity contribution in [3.8, 4) is 0 Å². The number of fused-ring (bicyclic) bond motifs is 1. The van der Waals surface area contributed by atoms with Crippen LogP contribution in [0.5, 0.6) is 0 Å². The Morgan fingerprint density at radius 3 is 2.56 bits per heavy atom. The van der Waals surface area contributed by atoms with Gasteiger partial charge in [-0.2, -0.15) is 0 Å². The van der Waals surface area contributed by atoms with Crippen LogP contribution in [0.15, 0.2) is 74.8 Å². The number of halogens is 1. The molecule has 1 amide bonds. The molecule has 32 heavy (non-hydrogen) atoms. The van der Waals surface area contributed by atoms with Crippen LogP contribution in [-0.4, -0.2) is 21.8 Å². The summed E-state index contributed by atoms with van der Waals surface area (Å²) in [6.45, 7) is 3.71. The van der Waals surface area contributed by atoms with Gasteiger partial charge in [0, 0.05) is 4.47 Å². The van der Waals surface area contributed by atoms with E-state index in [4.69, 9.17) is 4.42 Å². The van der Waals surface area contributed by atoms with Crippen molar-refractivity contribution in [2.45, 2.75) is 19.9 Å². The number of aryl methyl sites for hydroxylation is 2. The van der Waals surface area contributed by atoms with Crippen LogP contribution in [-0.2, 0) is 4.79 Å². The van der Waals surface area contributed by atoms with Crippen molar-refractivity contribution < 1.29 is 19.1 Å². The summed E-state index contributed by atoms with van der Waals surface area (Å²) in [7, 11) is 0. The van der Waals surface area contributed by atoms with Crippen molar-refractivity contribution in [2.24, 2.45) is 0 Å². The van der Waals surface area contributed by atoms with Crippen LogP contribution in [0.4, 0.5) is 5.13 Å². The quantitative estimate of drug-likeness (QED) is 0.339. The highest BCUT2D eigenvalue weighted by molar-refractivity contribution is 9.10. The van der Waals surface area contributed by atoms with Crippen LogP contribution in [0.2, 0.25) is 0 Å². The summed E-state index contributed by atoms with van der Waals surface area (Å²) in [5.74, 6) is -1.15. The zero-order valence-electron chi connectivity index (χ0n) is 17.1. The summed E-state index contributed by atoms with van der Waals surface area (Å²) in [6.07, 6.45) is 0. The van der Waals surface area contributed by atoms with E-state index < -0.39 is 23.5 Å². The van der Waals surface area contributed by atoms with Crippen molar-refractivity contribution in [3.05, 3.63) is 93.0 Å². The third kappa shape index (κ3) is 3.36. The first-order valence-corrected chi connectivity index (χ1v) is 11.4. The molecule has 0 aliphatic carbocycles. The van der Waals surface area contributed by atoms with Gasteiger partial charge in [-0.05, 0) is 61.4 Å². The minimum absolute atomic E-state index is 0.0258. The molecule has 0 spiro atoms. The predicted octanol–water partition coefficient (Wildman–Crippen LogP) is 6.05. The fourth-order valence-corrected chi connectivity index (χ4v) is 5.16. The number of nitrogens with zero attached hydrogens (tertiary/aromatic N) is 2. The second-order valence-corrected chi connectivity index (χ2v) is 9.52. The highest BCUT2D eigenvalue weighted by atomic mass is 79.9. The van der Waals surface area contributed by atoms with Gasteiger partial charge in [-0.25, -0.2) is 4.98 Å². The molecular formula is C24H17BrN2O4S. The molecule has 3 heterocycles. The molecule has 0 bridgehead atoms. The van der Waals surface area contributed by atoms with Crippen LogP contribution >= 0.6 is 27.3 Å². The molecule has 0 saturated heterocycles. The summed E-state index contributed by atoms with van der Waals surface area (Å²) in [4.78, 5) is 32.6. The molecule has 1 unspecified atom stereocenters. The van der Waals surface area contributed by atoms with Gasteiger partial charge in [0.2, 0.25) is 5.78 Å². The van der Waals surface area contributed by atoms with Gasteiger partial charge < -0.3 is 9.52 Å². The number of anilines is 1. The number of hydrogen-bond donors (Lipinski definition) is 1. The molecular weight excluding hydrogens is 492 g/mol. The first-order chi connectivity index (χ1) is 15.3. The van der Waals surface area contributed by atoms with E-state index in [9.17, 15) is 14.7 Å². The van der Waals surface area contributed by atoms with Gasteiger partial charge in [-0.1, -0.05) is 45.5 Å². The lowest BCUT2D eigenvalue weighted by atomic mass is 9.95. The third-order valence-corrected chi connectivity index (χ3v) is 6.89. The zero-order valence-corrected chi connectivity index (χ0v) is 19.5. The molecule has 6 nitrogen and oxygen atoms in total. The maximum Gasteiger partial charge on any atom is 0.296 e. The highest BCUT2D eigenvalue weighted by Gasteiger charge is 2.46. The fourth-order valence-electron chi connectivity index (χ4n) is 3.81. The molecule has 2 aromatic heterocycles. The van der Waals surface area contributed by atoms with E-state index in [1.54, 1.807) is 19.1 Å².